The third-order valence-corrected chi connectivity index (χ3v) is 0.763. The predicted octanol–water partition coefficient (Wildman–Crippen LogP) is 0.526. The molecule has 0 aliphatic rings. The average molecular weight is 279 g/mol. The van der Waals surface area contributed by atoms with Crippen LogP contribution in [0.15, 0.2) is 6.20 Å². The van der Waals surface area contributed by atoms with Crippen LogP contribution >= 0.6 is 0 Å². The van der Waals surface area contributed by atoms with E-state index in [9.17, 15) is 0 Å². The van der Waals surface area contributed by atoms with Gasteiger partial charge in [-0.1, -0.05) is 6.92 Å². The van der Waals surface area contributed by atoms with Crippen molar-refractivity contribution in [2.24, 2.45) is 7.05 Å². The fourth-order valence-electron chi connectivity index (χ4n) is 0.486. The molecule has 0 aromatic carbocycles. The van der Waals surface area contributed by atoms with Crippen molar-refractivity contribution >= 4 is 0 Å². The summed E-state index contributed by atoms with van der Waals surface area (Å²) in [6.07, 6.45) is 4.72. The maximum Gasteiger partial charge on any atom is 2.00 e. The third-order valence-electron chi connectivity index (χ3n) is 0.763. The molecular formula is C5H7N2W+. The zero-order chi connectivity index (χ0) is 5.28. The van der Waals surface area contributed by atoms with E-state index in [1.54, 1.807) is 10.9 Å². The van der Waals surface area contributed by atoms with Gasteiger partial charge in [0, 0.05) is 7.05 Å². The molecule has 1 heterocycles. The second kappa shape index (κ2) is 3.03. The molecule has 0 aliphatic heterocycles. The van der Waals surface area contributed by atoms with Crippen LogP contribution in [0.5, 0.6) is 0 Å². The number of aryl methyl sites for hydroxylation is 2. The first-order valence-corrected chi connectivity index (χ1v) is 2.17. The van der Waals surface area contributed by atoms with Crippen molar-refractivity contribution < 1.29 is 21.1 Å². The summed E-state index contributed by atoms with van der Waals surface area (Å²) in [6.45, 7) is 1.97. The number of nitrogens with zero attached hydrogens (tertiary/aromatic N) is 2. The van der Waals surface area contributed by atoms with Crippen molar-refractivity contribution in [1.82, 2.24) is 9.78 Å². The van der Waals surface area contributed by atoms with Gasteiger partial charge in [-0.25, -0.2) is 0 Å². The van der Waals surface area contributed by atoms with E-state index in [2.05, 4.69) is 11.3 Å². The zero-order valence-corrected chi connectivity index (χ0v) is 7.81. The van der Waals surface area contributed by atoms with Gasteiger partial charge in [-0.3, -0.25) is 5.10 Å². The summed E-state index contributed by atoms with van der Waals surface area (Å²) >= 11 is 0. The Morgan fingerprint density at radius 1 is 1.75 bits per heavy atom. The van der Waals surface area contributed by atoms with E-state index in [0.29, 0.717) is 0 Å². The van der Waals surface area contributed by atoms with Gasteiger partial charge in [0.2, 0.25) is 0 Å². The van der Waals surface area contributed by atoms with Crippen molar-refractivity contribution in [2.75, 3.05) is 0 Å². The number of rotatable bonds is 0. The topological polar surface area (TPSA) is 17.8 Å². The van der Waals surface area contributed by atoms with Crippen molar-refractivity contribution in [3.63, 3.8) is 0 Å². The molecule has 0 aliphatic carbocycles. The third kappa shape index (κ3) is 1.79. The van der Waals surface area contributed by atoms with Gasteiger partial charge in [-0.15, -0.1) is 12.4 Å². The van der Waals surface area contributed by atoms with Gasteiger partial charge >= 0.3 is 21.1 Å². The number of hydrogen-bond acceptors (Lipinski definition) is 1. The van der Waals surface area contributed by atoms with E-state index in [-0.39, 0.29) is 21.1 Å². The molecule has 0 saturated carbocycles. The van der Waals surface area contributed by atoms with E-state index in [1.165, 1.54) is 0 Å². The molecule has 8 heavy (non-hydrogen) atoms. The van der Waals surface area contributed by atoms with Crippen LogP contribution in [0.2, 0.25) is 0 Å². The van der Waals surface area contributed by atoms with E-state index in [4.69, 9.17) is 0 Å². The van der Waals surface area contributed by atoms with Gasteiger partial charge < -0.3 is 4.68 Å². The standard InChI is InChI=1S/C5H7N2.W/c1-5-3-6-7(2)4-5;/h3H,1-2H3;/q-1;+2. The SMILES string of the molecule is Cc1[c-]n(C)nc1.[W+2]. The Balaban J connectivity index is 0.000000490. The fraction of sp³-hybridized carbons (Fsp3) is 0.400. The molecule has 0 spiro atoms. The quantitative estimate of drug-likeness (QED) is 0.633. The van der Waals surface area contributed by atoms with Crippen LogP contribution in [0.4, 0.5) is 0 Å². The van der Waals surface area contributed by atoms with Crippen molar-refractivity contribution in [1.29, 1.82) is 0 Å². The Hall–Kier alpha value is -0.102. The number of hydrogen-bond donors (Lipinski definition) is 0. The van der Waals surface area contributed by atoms with Crippen LogP contribution in [0.25, 0.3) is 0 Å². The first-order valence-electron chi connectivity index (χ1n) is 2.17. The smallest absolute Gasteiger partial charge is 0.379 e. The summed E-state index contributed by atoms with van der Waals surface area (Å²) < 4.78 is 1.66. The van der Waals surface area contributed by atoms with Gasteiger partial charge in [-0.2, -0.15) is 5.56 Å². The first kappa shape index (κ1) is 7.90. The minimum absolute atomic E-state index is 0. The van der Waals surface area contributed by atoms with Gasteiger partial charge in [0.05, 0.1) is 0 Å². The molecule has 0 fully saturated rings. The van der Waals surface area contributed by atoms with Gasteiger partial charge in [0.1, 0.15) is 0 Å². The Bertz CT molecular complexity index is 143. The zero-order valence-electron chi connectivity index (χ0n) is 4.88. The molecule has 0 N–H and O–H groups in total. The fourth-order valence-corrected chi connectivity index (χ4v) is 0.486. The van der Waals surface area contributed by atoms with Crippen molar-refractivity contribution in [2.45, 2.75) is 6.92 Å². The average Bonchev–Trinajstić information content (AvgIpc) is 1.87. The van der Waals surface area contributed by atoms with E-state index >= 15 is 0 Å². The molecule has 1 rings (SSSR count). The van der Waals surface area contributed by atoms with Crippen LogP contribution in [-0.2, 0) is 28.1 Å². The molecule has 0 saturated heterocycles. The van der Waals surface area contributed by atoms with Crippen LogP contribution in [0, 0.1) is 13.1 Å². The maximum atomic E-state index is 3.88. The van der Waals surface area contributed by atoms with Crippen LogP contribution in [0.3, 0.4) is 0 Å². The van der Waals surface area contributed by atoms with Crippen LogP contribution < -0.4 is 0 Å². The molecule has 2 nitrogen and oxygen atoms in total. The molecule has 0 atom stereocenters. The maximum absolute atomic E-state index is 3.88. The van der Waals surface area contributed by atoms with E-state index in [0.717, 1.165) is 5.56 Å². The van der Waals surface area contributed by atoms with Gasteiger partial charge in [-0.05, 0) is 0 Å². The summed E-state index contributed by atoms with van der Waals surface area (Å²) in [5, 5.41) is 3.88. The van der Waals surface area contributed by atoms with Gasteiger partial charge in [0.25, 0.3) is 0 Å². The minimum Gasteiger partial charge on any atom is -0.379 e. The normalized spacial score (nSPS) is 8.25. The second-order valence-corrected chi connectivity index (χ2v) is 1.56. The largest absolute Gasteiger partial charge is 2.00 e. The van der Waals surface area contributed by atoms with Crippen LogP contribution in [0.1, 0.15) is 5.56 Å². The Morgan fingerprint density at radius 2 is 2.38 bits per heavy atom. The first-order chi connectivity index (χ1) is 3.29. The summed E-state index contributed by atoms with van der Waals surface area (Å²) in [5.74, 6) is 0. The molecule has 0 radical (unpaired) electrons. The van der Waals surface area contributed by atoms with E-state index < -0.39 is 0 Å². The monoisotopic (exact) mass is 279 g/mol. The summed E-state index contributed by atoms with van der Waals surface area (Å²) in [6, 6.07) is 0. The molecule has 1 aromatic rings. The Kier molecular flexibility index (Phi) is 2.99. The minimum atomic E-state index is 0. The Labute approximate surface area is 63.2 Å². The second-order valence-electron chi connectivity index (χ2n) is 1.56. The van der Waals surface area contributed by atoms with Crippen molar-refractivity contribution in [3.05, 3.63) is 18.0 Å². The summed E-state index contributed by atoms with van der Waals surface area (Å²) in [7, 11) is 1.85. The van der Waals surface area contributed by atoms with E-state index in [1.807, 2.05) is 14.0 Å². The molecule has 3 heteroatoms. The van der Waals surface area contributed by atoms with Crippen molar-refractivity contribution in [3.8, 4) is 0 Å². The Morgan fingerprint density at radius 3 is 2.50 bits per heavy atom. The molecule has 0 bridgehead atoms. The van der Waals surface area contributed by atoms with Crippen LogP contribution in [-0.4, -0.2) is 9.78 Å². The number of aromatic nitrogens is 2. The molecule has 0 amide bonds. The summed E-state index contributed by atoms with van der Waals surface area (Å²) in [4.78, 5) is 0. The summed E-state index contributed by atoms with van der Waals surface area (Å²) in [5.41, 5.74) is 1.09. The van der Waals surface area contributed by atoms with Gasteiger partial charge in [0.15, 0.2) is 0 Å². The predicted molar refractivity (Wildman–Crippen MR) is 26.8 cm³/mol. The molecular weight excluding hydrogens is 272 g/mol. The molecule has 0 unspecified atom stereocenters. The molecule has 42 valence electrons. The molecule has 1 aromatic heterocycles.